The molecule has 0 aliphatic rings. The number of hydrogen-bond acceptors (Lipinski definition) is 4. The zero-order valence-corrected chi connectivity index (χ0v) is 14.3. The lowest BCUT2D eigenvalue weighted by Crippen LogP contribution is -2.22. The Balaban J connectivity index is 1.74. The summed E-state index contributed by atoms with van der Waals surface area (Å²) >= 11 is 0. The van der Waals surface area contributed by atoms with Gasteiger partial charge in [0, 0.05) is 5.56 Å². The number of carbonyl (C=O) groups excluding carboxylic acids is 1. The van der Waals surface area contributed by atoms with Gasteiger partial charge in [0.15, 0.2) is 0 Å². The highest BCUT2D eigenvalue weighted by Gasteiger charge is 2.33. The molecule has 12 heteroatoms. The Kier molecular flexibility index (Phi) is 5.27. The molecule has 0 saturated heterocycles. The predicted molar refractivity (Wildman–Crippen MR) is 88.3 cm³/mol. The number of anilines is 1. The maximum absolute atomic E-state index is 13.0. The quantitative estimate of drug-likeness (QED) is 0.654. The molecule has 1 amide bonds. The number of rotatable bonds is 4. The van der Waals surface area contributed by atoms with Gasteiger partial charge in [0.25, 0.3) is 0 Å². The number of aromatic nitrogens is 4. The van der Waals surface area contributed by atoms with Crippen molar-refractivity contribution >= 4 is 11.6 Å². The smallest absolute Gasteiger partial charge is 0.324 e. The molecule has 1 aromatic heterocycles. The first-order valence-corrected chi connectivity index (χ1v) is 7.95. The number of alkyl halides is 6. The van der Waals surface area contributed by atoms with Crippen LogP contribution in [0.1, 0.15) is 11.1 Å². The molecule has 1 N–H and O–H groups in total. The third-order valence-electron chi connectivity index (χ3n) is 3.69. The van der Waals surface area contributed by atoms with E-state index in [-0.39, 0.29) is 11.4 Å². The van der Waals surface area contributed by atoms with Crippen LogP contribution in [0.3, 0.4) is 0 Å². The van der Waals surface area contributed by atoms with E-state index in [4.69, 9.17) is 0 Å². The maximum Gasteiger partial charge on any atom is 0.418 e. The van der Waals surface area contributed by atoms with Crippen LogP contribution in [0.15, 0.2) is 48.5 Å². The van der Waals surface area contributed by atoms with E-state index in [1.807, 2.05) is 0 Å². The first-order valence-electron chi connectivity index (χ1n) is 7.95. The standard InChI is InChI=1S/C17H11F6N5O/c18-16(19,20)11-5-3-4-10(8-11)15-25-27-28(26-15)9-14(29)24-13-7-2-1-6-12(13)17(21,22)23/h1-8H,9H2,(H,24,29). The van der Waals surface area contributed by atoms with Gasteiger partial charge in [0.1, 0.15) is 6.54 Å². The van der Waals surface area contributed by atoms with E-state index in [0.29, 0.717) is 0 Å². The van der Waals surface area contributed by atoms with Crippen LogP contribution >= 0.6 is 0 Å². The fourth-order valence-corrected chi connectivity index (χ4v) is 2.42. The van der Waals surface area contributed by atoms with Gasteiger partial charge in [0.05, 0.1) is 16.8 Å². The van der Waals surface area contributed by atoms with Crippen molar-refractivity contribution in [2.45, 2.75) is 18.9 Å². The molecule has 0 atom stereocenters. The van der Waals surface area contributed by atoms with Crippen molar-refractivity contribution in [3.63, 3.8) is 0 Å². The van der Waals surface area contributed by atoms with Gasteiger partial charge in [-0.05, 0) is 29.5 Å². The van der Waals surface area contributed by atoms with Crippen molar-refractivity contribution in [3.05, 3.63) is 59.7 Å². The van der Waals surface area contributed by atoms with E-state index in [9.17, 15) is 31.1 Å². The predicted octanol–water partition coefficient (Wildman–Crippen LogP) is 4.02. The van der Waals surface area contributed by atoms with E-state index >= 15 is 0 Å². The molecule has 0 bridgehead atoms. The van der Waals surface area contributed by atoms with Crippen LogP contribution in [0.4, 0.5) is 32.0 Å². The van der Waals surface area contributed by atoms with E-state index in [1.165, 1.54) is 24.3 Å². The first-order chi connectivity index (χ1) is 13.5. The summed E-state index contributed by atoms with van der Waals surface area (Å²) in [6.07, 6.45) is -9.22. The Morgan fingerprint density at radius 1 is 0.966 bits per heavy atom. The Hall–Kier alpha value is -3.44. The Morgan fingerprint density at radius 3 is 2.38 bits per heavy atom. The summed E-state index contributed by atoms with van der Waals surface area (Å²) in [5.41, 5.74) is -2.35. The summed E-state index contributed by atoms with van der Waals surface area (Å²) in [5, 5.41) is 13.0. The van der Waals surface area contributed by atoms with Gasteiger partial charge < -0.3 is 5.32 Å². The van der Waals surface area contributed by atoms with Crippen LogP contribution in [0.5, 0.6) is 0 Å². The monoisotopic (exact) mass is 415 g/mol. The number of benzene rings is 2. The van der Waals surface area contributed by atoms with Gasteiger partial charge in [-0.25, -0.2) is 0 Å². The van der Waals surface area contributed by atoms with Crippen LogP contribution in [0.25, 0.3) is 11.4 Å². The minimum Gasteiger partial charge on any atom is -0.324 e. The van der Waals surface area contributed by atoms with Crippen LogP contribution in [0.2, 0.25) is 0 Å². The zero-order chi connectivity index (χ0) is 21.2. The molecular weight excluding hydrogens is 404 g/mol. The summed E-state index contributed by atoms with van der Waals surface area (Å²) < 4.78 is 77.3. The SMILES string of the molecule is O=C(Cn1nnc(-c2cccc(C(F)(F)F)c2)n1)Nc1ccccc1C(F)(F)F. The highest BCUT2D eigenvalue weighted by Crippen LogP contribution is 2.34. The number of carbonyl (C=O) groups is 1. The lowest BCUT2D eigenvalue weighted by molar-refractivity contribution is -0.138. The fraction of sp³-hybridized carbons (Fsp3) is 0.176. The number of nitrogens with zero attached hydrogens (tertiary/aromatic N) is 4. The summed E-state index contributed by atoms with van der Waals surface area (Å²) in [4.78, 5) is 12.8. The van der Waals surface area contributed by atoms with Gasteiger partial charge in [-0.3, -0.25) is 4.79 Å². The van der Waals surface area contributed by atoms with Crippen LogP contribution in [-0.2, 0) is 23.7 Å². The van der Waals surface area contributed by atoms with Crippen LogP contribution < -0.4 is 5.32 Å². The van der Waals surface area contributed by atoms with Crippen molar-refractivity contribution < 1.29 is 31.1 Å². The number of halogens is 6. The number of tetrazole rings is 1. The molecule has 1 heterocycles. The number of amides is 1. The van der Waals surface area contributed by atoms with Gasteiger partial charge in [0.2, 0.25) is 11.7 Å². The highest BCUT2D eigenvalue weighted by molar-refractivity contribution is 5.91. The molecule has 0 spiro atoms. The van der Waals surface area contributed by atoms with Crippen LogP contribution in [0, 0.1) is 0 Å². The van der Waals surface area contributed by atoms with Crippen molar-refractivity contribution in [2.75, 3.05) is 5.32 Å². The average Bonchev–Trinajstić information content (AvgIpc) is 3.09. The second-order valence-electron chi connectivity index (χ2n) is 5.81. The molecule has 152 valence electrons. The third kappa shape index (κ3) is 4.89. The number of nitrogens with one attached hydrogen (secondary N) is 1. The van der Waals surface area contributed by atoms with Gasteiger partial charge in [-0.15, -0.1) is 10.2 Å². The molecule has 29 heavy (non-hydrogen) atoms. The Bertz CT molecular complexity index is 1030. The second kappa shape index (κ2) is 7.53. The molecule has 0 saturated carbocycles. The van der Waals surface area contributed by atoms with Gasteiger partial charge >= 0.3 is 12.4 Å². The molecule has 6 nitrogen and oxygen atoms in total. The lowest BCUT2D eigenvalue weighted by Gasteiger charge is -2.13. The molecule has 3 aromatic rings. The van der Waals surface area contributed by atoms with Crippen molar-refractivity contribution in [1.29, 1.82) is 0 Å². The summed E-state index contributed by atoms with van der Waals surface area (Å²) in [6, 6.07) is 8.60. The Labute approximate surface area is 159 Å². The molecule has 0 unspecified atom stereocenters. The summed E-state index contributed by atoms with van der Waals surface area (Å²) in [5.74, 6) is -1.03. The molecule has 0 radical (unpaired) electrons. The summed E-state index contributed by atoms with van der Waals surface area (Å²) in [7, 11) is 0. The first kappa shape index (κ1) is 20.3. The van der Waals surface area contributed by atoms with Crippen molar-refractivity contribution in [1.82, 2.24) is 20.2 Å². The third-order valence-corrected chi connectivity index (χ3v) is 3.69. The van der Waals surface area contributed by atoms with Crippen molar-refractivity contribution in [2.24, 2.45) is 0 Å². The fourth-order valence-electron chi connectivity index (χ4n) is 2.42. The minimum atomic E-state index is -4.66. The minimum absolute atomic E-state index is 0.0221. The topological polar surface area (TPSA) is 72.7 Å². The molecule has 0 aliphatic heterocycles. The number of para-hydroxylation sites is 1. The normalized spacial score (nSPS) is 12.1. The summed E-state index contributed by atoms with van der Waals surface area (Å²) in [6.45, 7) is -0.585. The van der Waals surface area contributed by atoms with Gasteiger partial charge in [-0.1, -0.05) is 24.3 Å². The maximum atomic E-state index is 13.0. The molecular formula is C17H11F6N5O. The average molecular weight is 415 g/mol. The second-order valence-corrected chi connectivity index (χ2v) is 5.81. The largest absolute Gasteiger partial charge is 0.418 e. The van der Waals surface area contributed by atoms with E-state index in [0.717, 1.165) is 29.1 Å². The van der Waals surface area contributed by atoms with Crippen molar-refractivity contribution in [3.8, 4) is 11.4 Å². The molecule has 0 aliphatic carbocycles. The van der Waals surface area contributed by atoms with Gasteiger partial charge in [-0.2, -0.15) is 31.1 Å². The van der Waals surface area contributed by atoms with E-state index in [1.54, 1.807) is 0 Å². The Morgan fingerprint density at radius 2 is 1.69 bits per heavy atom. The van der Waals surface area contributed by atoms with E-state index in [2.05, 4.69) is 20.7 Å². The highest BCUT2D eigenvalue weighted by atomic mass is 19.4. The molecule has 2 aromatic carbocycles. The zero-order valence-electron chi connectivity index (χ0n) is 14.3. The lowest BCUT2D eigenvalue weighted by atomic mass is 10.1. The molecule has 0 fully saturated rings. The van der Waals surface area contributed by atoms with Crippen LogP contribution in [-0.4, -0.2) is 26.1 Å². The molecule has 3 rings (SSSR count). The van der Waals surface area contributed by atoms with E-state index < -0.39 is 41.6 Å². The number of hydrogen-bond donors (Lipinski definition) is 1.